The summed E-state index contributed by atoms with van der Waals surface area (Å²) in [6.45, 7) is 0. The Hall–Kier alpha value is -1.61. The molecule has 1 aromatic carbocycles. The lowest BCUT2D eigenvalue weighted by Gasteiger charge is -2.04. The largest absolute Gasteiger partial charge is 0.464 e. The van der Waals surface area contributed by atoms with E-state index in [-0.39, 0.29) is 5.78 Å². The quantitative estimate of drug-likeness (QED) is 0.757. The first-order chi connectivity index (χ1) is 7.21. The number of nitrogens with two attached hydrogens (primary N) is 1. The standard InChI is InChI=1S/C12H11NO2/c13-12(5-6-12)11(14)9-7-15-10-4-2-1-3-8(9)10/h1-4,7H,5-6,13H2. The number of hydrogen-bond donors (Lipinski definition) is 1. The van der Waals surface area contributed by atoms with Crippen molar-refractivity contribution in [2.45, 2.75) is 18.4 Å². The Kier molecular flexibility index (Phi) is 1.56. The molecule has 2 N–H and O–H groups in total. The van der Waals surface area contributed by atoms with Crippen LogP contribution >= 0.6 is 0 Å². The van der Waals surface area contributed by atoms with Gasteiger partial charge in [-0.1, -0.05) is 18.2 Å². The van der Waals surface area contributed by atoms with Gasteiger partial charge in [-0.2, -0.15) is 0 Å². The van der Waals surface area contributed by atoms with Crippen molar-refractivity contribution in [3.05, 3.63) is 36.1 Å². The number of ketones is 1. The van der Waals surface area contributed by atoms with E-state index in [0.29, 0.717) is 5.56 Å². The molecule has 3 heteroatoms. The maximum atomic E-state index is 12.0. The van der Waals surface area contributed by atoms with E-state index in [0.717, 1.165) is 23.8 Å². The van der Waals surface area contributed by atoms with Crippen molar-refractivity contribution >= 4 is 16.8 Å². The molecule has 15 heavy (non-hydrogen) atoms. The van der Waals surface area contributed by atoms with Crippen LogP contribution < -0.4 is 5.73 Å². The second-order valence-electron chi connectivity index (χ2n) is 4.13. The molecule has 0 saturated heterocycles. The number of para-hydroxylation sites is 1. The molecule has 0 unspecified atom stereocenters. The van der Waals surface area contributed by atoms with E-state index in [4.69, 9.17) is 10.2 Å². The van der Waals surface area contributed by atoms with Crippen LogP contribution in [0.3, 0.4) is 0 Å². The average molecular weight is 201 g/mol. The maximum absolute atomic E-state index is 12.0. The van der Waals surface area contributed by atoms with Crippen LogP contribution in [0, 0.1) is 0 Å². The van der Waals surface area contributed by atoms with Crippen molar-refractivity contribution in [3.63, 3.8) is 0 Å². The van der Waals surface area contributed by atoms with Crippen molar-refractivity contribution < 1.29 is 9.21 Å². The molecule has 1 aliphatic rings. The first-order valence-corrected chi connectivity index (χ1v) is 5.01. The number of carbonyl (C=O) groups is 1. The highest BCUT2D eigenvalue weighted by Crippen LogP contribution is 2.37. The molecule has 0 aliphatic heterocycles. The number of benzene rings is 1. The van der Waals surface area contributed by atoms with Gasteiger partial charge < -0.3 is 10.2 Å². The van der Waals surface area contributed by atoms with Crippen LogP contribution in [0.2, 0.25) is 0 Å². The third-order valence-corrected chi connectivity index (χ3v) is 2.97. The molecule has 1 fully saturated rings. The van der Waals surface area contributed by atoms with E-state index in [2.05, 4.69) is 0 Å². The molecule has 0 spiro atoms. The van der Waals surface area contributed by atoms with Crippen molar-refractivity contribution in [1.29, 1.82) is 0 Å². The van der Waals surface area contributed by atoms with Crippen molar-refractivity contribution in [2.24, 2.45) is 5.73 Å². The SMILES string of the molecule is NC1(C(=O)c2coc3ccccc23)CC1. The van der Waals surface area contributed by atoms with Crippen LogP contribution in [0.5, 0.6) is 0 Å². The molecule has 1 aliphatic carbocycles. The van der Waals surface area contributed by atoms with Gasteiger partial charge in [-0.15, -0.1) is 0 Å². The highest BCUT2D eigenvalue weighted by Gasteiger charge is 2.46. The summed E-state index contributed by atoms with van der Waals surface area (Å²) in [6.07, 6.45) is 3.08. The highest BCUT2D eigenvalue weighted by molar-refractivity contribution is 6.12. The normalized spacial score (nSPS) is 17.9. The van der Waals surface area contributed by atoms with Gasteiger partial charge in [-0.3, -0.25) is 4.79 Å². The summed E-state index contributed by atoms with van der Waals surface area (Å²) in [5, 5.41) is 0.860. The van der Waals surface area contributed by atoms with E-state index in [1.54, 1.807) is 0 Å². The lowest BCUT2D eigenvalue weighted by atomic mass is 10.0. The van der Waals surface area contributed by atoms with E-state index in [1.165, 1.54) is 6.26 Å². The molecular formula is C12H11NO2. The second-order valence-corrected chi connectivity index (χ2v) is 4.13. The minimum Gasteiger partial charge on any atom is -0.464 e. The van der Waals surface area contributed by atoms with Crippen molar-refractivity contribution in [2.75, 3.05) is 0 Å². The molecule has 1 aromatic heterocycles. The van der Waals surface area contributed by atoms with Gasteiger partial charge in [0.1, 0.15) is 11.8 Å². The van der Waals surface area contributed by atoms with Crippen LogP contribution in [0.25, 0.3) is 11.0 Å². The third kappa shape index (κ3) is 1.20. The Labute approximate surface area is 86.9 Å². The van der Waals surface area contributed by atoms with Crippen molar-refractivity contribution in [3.8, 4) is 0 Å². The molecule has 76 valence electrons. The first-order valence-electron chi connectivity index (χ1n) is 5.01. The molecule has 3 nitrogen and oxygen atoms in total. The molecule has 0 bridgehead atoms. The fraction of sp³-hybridized carbons (Fsp3) is 0.250. The van der Waals surface area contributed by atoms with Gasteiger partial charge in [0.25, 0.3) is 0 Å². The zero-order valence-corrected chi connectivity index (χ0v) is 8.19. The topological polar surface area (TPSA) is 56.2 Å². The number of Topliss-reactive ketones (excluding diaryl/α,β-unsaturated/α-hetero) is 1. The molecule has 1 saturated carbocycles. The monoisotopic (exact) mass is 201 g/mol. The van der Waals surface area contributed by atoms with Gasteiger partial charge in [0.2, 0.25) is 0 Å². The van der Waals surface area contributed by atoms with Gasteiger partial charge in [0.05, 0.1) is 11.1 Å². The Morgan fingerprint density at radius 1 is 1.33 bits per heavy atom. The molecule has 0 amide bonds. The van der Waals surface area contributed by atoms with Crippen LogP contribution in [-0.2, 0) is 0 Å². The molecule has 0 atom stereocenters. The van der Waals surface area contributed by atoms with E-state index in [1.807, 2.05) is 24.3 Å². The molecule has 3 rings (SSSR count). The van der Waals surface area contributed by atoms with E-state index >= 15 is 0 Å². The fourth-order valence-corrected chi connectivity index (χ4v) is 1.78. The Morgan fingerprint density at radius 3 is 2.80 bits per heavy atom. The van der Waals surface area contributed by atoms with Crippen molar-refractivity contribution in [1.82, 2.24) is 0 Å². The predicted octanol–water partition coefficient (Wildman–Crippen LogP) is 2.11. The Morgan fingerprint density at radius 2 is 2.07 bits per heavy atom. The molecule has 2 aromatic rings. The van der Waals surface area contributed by atoms with Crippen LogP contribution in [0.15, 0.2) is 34.9 Å². The predicted molar refractivity (Wildman–Crippen MR) is 56.7 cm³/mol. The van der Waals surface area contributed by atoms with Gasteiger partial charge in [-0.25, -0.2) is 0 Å². The summed E-state index contributed by atoms with van der Waals surface area (Å²) >= 11 is 0. The van der Waals surface area contributed by atoms with Gasteiger partial charge in [0.15, 0.2) is 5.78 Å². The van der Waals surface area contributed by atoms with Crippen LogP contribution in [0.4, 0.5) is 0 Å². The minimum atomic E-state index is -0.618. The summed E-state index contributed by atoms with van der Waals surface area (Å²) in [5.74, 6) is 0.00690. The number of fused-ring (bicyclic) bond motifs is 1. The van der Waals surface area contributed by atoms with Crippen LogP contribution in [-0.4, -0.2) is 11.3 Å². The smallest absolute Gasteiger partial charge is 0.186 e. The summed E-state index contributed by atoms with van der Waals surface area (Å²) in [6, 6.07) is 7.51. The number of furan rings is 1. The van der Waals surface area contributed by atoms with Gasteiger partial charge in [0, 0.05) is 5.39 Å². The average Bonchev–Trinajstić information content (AvgIpc) is 2.87. The number of hydrogen-bond acceptors (Lipinski definition) is 3. The zero-order chi connectivity index (χ0) is 10.5. The first kappa shape index (κ1) is 8.68. The second kappa shape index (κ2) is 2.70. The Bertz CT molecular complexity index is 537. The summed E-state index contributed by atoms with van der Waals surface area (Å²) in [5.41, 5.74) is 6.62. The van der Waals surface area contributed by atoms with Gasteiger partial charge in [-0.05, 0) is 18.9 Å². The maximum Gasteiger partial charge on any atom is 0.186 e. The summed E-state index contributed by atoms with van der Waals surface area (Å²) < 4.78 is 5.32. The zero-order valence-electron chi connectivity index (χ0n) is 8.19. The number of rotatable bonds is 2. The molecule has 0 radical (unpaired) electrons. The Balaban J connectivity index is 2.15. The van der Waals surface area contributed by atoms with E-state index in [9.17, 15) is 4.79 Å². The van der Waals surface area contributed by atoms with E-state index < -0.39 is 5.54 Å². The highest BCUT2D eigenvalue weighted by atomic mass is 16.3. The molecule has 1 heterocycles. The minimum absolute atomic E-state index is 0.00690. The lowest BCUT2D eigenvalue weighted by molar-refractivity contribution is 0.0950. The summed E-state index contributed by atoms with van der Waals surface area (Å²) in [4.78, 5) is 12.0. The summed E-state index contributed by atoms with van der Waals surface area (Å²) in [7, 11) is 0. The molecular weight excluding hydrogens is 190 g/mol. The van der Waals surface area contributed by atoms with Crippen LogP contribution in [0.1, 0.15) is 23.2 Å². The number of carbonyl (C=O) groups excluding carboxylic acids is 1. The fourth-order valence-electron chi connectivity index (χ4n) is 1.78. The van der Waals surface area contributed by atoms with Gasteiger partial charge >= 0.3 is 0 Å². The third-order valence-electron chi connectivity index (χ3n) is 2.97. The lowest BCUT2D eigenvalue weighted by Crippen LogP contribution is -2.32.